The molecule has 1 fully saturated rings. The summed E-state index contributed by atoms with van der Waals surface area (Å²) in [5, 5.41) is 3.55. The molecule has 21 heavy (non-hydrogen) atoms. The molecule has 1 aromatic rings. The molecule has 0 atom stereocenters. The summed E-state index contributed by atoms with van der Waals surface area (Å²) < 4.78 is 0. The number of carbonyl (C=O) groups excluding carboxylic acids is 2. The lowest BCUT2D eigenvalue weighted by atomic mass is 9.95. The summed E-state index contributed by atoms with van der Waals surface area (Å²) in [7, 11) is 0. The van der Waals surface area contributed by atoms with Gasteiger partial charge in [-0.25, -0.2) is 0 Å². The number of halogens is 1. The van der Waals surface area contributed by atoms with E-state index in [0.717, 1.165) is 18.5 Å². The van der Waals surface area contributed by atoms with Gasteiger partial charge in [-0.3, -0.25) is 9.59 Å². The highest BCUT2D eigenvalue weighted by Crippen LogP contribution is 2.21. The van der Waals surface area contributed by atoms with Gasteiger partial charge in [-0.1, -0.05) is 25.4 Å². The summed E-state index contributed by atoms with van der Waals surface area (Å²) in [6.45, 7) is 5.13. The first-order chi connectivity index (χ1) is 9.97. The summed E-state index contributed by atoms with van der Waals surface area (Å²) in [5.74, 6) is 0.182. The highest BCUT2D eigenvalue weighted by molar-refractivity contribution is 6.30. The predicted octanol–water partition coefficient (Wildman–Crippen LogP) is 3.17. The number of hydrogen-bond donors (Lipinski definition) is 1. The smallest absolute Gasteiger partial charge is 0.227 e. The van der Waals surface area contributed by atoms with E-state index in [0.29, 0.717) is 18.1 Å². The third-order valence-corrected chi connectivity index (χ3v) is 4.04. The first kappa shape index (κ1) is 15.8. The van der Waals surface area contributed by atoms with Crippen molar-refractivity contribution in [3.63, 3.8) is 0 Å². The van der Waals surface area contributed by atoms with Crippen molar-refractivity contribution in [1.82, 2.24) is 4.90 Å². The number of amides is 2. The standard InChI is InChI=1S/C16H21ClN2O2/c1-11(2)16(21)19-9-7-12(8-10-19)15(20)18-14-5-3-13(17)4-6-14/h3-6,11-12H,7-10H2,1-2H3,(H,18,20). The van der Waals surface area contributed by atoms with Gasteiger partial charge < -0.3 is 10.2 Å². The number of benzene rings is 1. The Balaban J connectivity index is 1.86. The lowest BCUT2D eigenvalue weighted by Crippen LogP contribution is -2.43. The Bertz CT molecular complexity index is 506. The summed E-state index contributed by atoms with van der Waals surface area (Å²) in [6.07, 6.45) is 1.44. The van der Waals surface area contributed by atoms with E-state index in [2.05, 4.69) is 5.32 Å². The average Bonchev–Trinajstić information content (AvgIpc) is 2.49. The van der Waals surface area contributed by atoms with Gasteiger partial charge in [0.1, 0.15) is 0 Å². The summed E-state index contributed by atoms with van der Waals surface area (Å²) >= 11 is 5.82. The Morgan fingerprint density at radius 1 is 1.19 bits per heavy atom. The Morgan fingerprint density at radius 3 is 2.29 bits per heavy atom. The summed E-state index contributed by atoms with van der Waals surface area (Å²) in [5.41, 5.74) is 0.755. The van der Waals surface area contributed by atoms with Crippen LogP contribution < -0.4 is 5.32 Å². The van der Waals surface area contributed by atoms with Crippen molar-refractivity contribution >= 4 is 29.1 Å². The summed E-state index contributed by atoms with van der Waals surface area (Å²) in [4.78, 5) is 26.0. The van der Waals surface area contributed by atoms with Gasteiger partial charge in [0.2, 0.25) is 11.8 Å². The number of carbonyl (C=O) groups is 2. The lowest BCUT2D eigenvalue weighted by Gasteiger charge is -2.32. The molecule has 4 nitrogen and oxygen atoms in total. The molecular formula is C16H21ClN2O2. The number of nitrogens with one attached hydrogen (secondary N) is 1. The van der Waals surface area contributed by atoms with Crippen molar-refractivity contribution in [3.05, 3.63) is 29.3 Å². The molecule has 1 heterocycles. The zero-order chi connectivity index (χ0) is 15.4. The van der Waals surface area contributed by atoms with Crippen molar-refractivity contribution < 1.29 is 9.59 Å². The number of piperidine rings is 1. The quantitative estimate of drug-likeness (QED) is 0.932. The molecule has 0 bridgehead atoms. The molecule has 1 aliphatic heterocycles. The molecule has 0 spiro atoms. The van der Waals surface area contributed by atoms with Gasteiger partial charge in [-0.05, 0) is 37.1 Å². The van der Waals surface area contributed by atoms with Crippen molar-refractivity contribution in [1.29, 1.82) is 0 Å². The summed E-state index contributed by atoms with van der Waals surface area (Å²) in [6, 6.07) is 7.08. The molecule has 2 amide bonds. The first-order valence-electron chi connectivity index (χ1n) is 7.32. The molecule has 0 saturated carbocycles. The van der Waals surface area contributed by atoms with Crippen molar-refractivity contribution in [2.24, 2.45) is 11.8 Å². The second-order valence-corrected chi connectivity index (χ2v) is 6.19. The molecule has 2 rings (SSSR count). The zero-order valence-electron chi connectivity index (χ0n) is 12.4. The molecule has 0 aromatic heterocycles. The molecule has 0 unspecified atom stereocenters. The second kappa shape index (κ2) is 6.94. The topological polar surface area (TPSA) is 49.4 Å². The van der Waals surface area contributed by atoms with Crippen LogP contribution >= 0.6 is 11.6 Å². The minimum absolute atomic E-state index is 0.0180. The zero-order valence-corrected chi connectivity index (χ0v) is 13.2. The van der Waals surface area contributed by atoms with E-state index in [1.54, 1.807) is 24.3 Å². The molecule has 0 radical (unpaired) electrons. The van der Waals surface area contributed by atoms with Crippen LogP contribution in [0.1, 0.15) is 26.7 Å². The van der Waals surface area contributed by atoms with Crippen LogP contribution in [0.15, 0.2) is 24.3 Å². The van der Waals surface area contributed by atoms with Crippen LogP contribution in [0.5, 0.6) is 0 Å². The van der Waals surface area contributed by atoms with Gasteiger partial charge in [0, 0.05) is 35.6 Å². The van der Waals surface area contributed by atoms with E-state index < -0.39 is 0 Å². The maximum Gasteiger partial charge on any atom is 0.227 e. The number of likely N-dealkylation sites (tertiary alicyclic amines) is 1. The fraction of sp³-hybridized carbons (Fsp3) is 0.500. The third kappa shape index (κ3) is 4.21. The molecule has 0 aliphatic carbocycles. The van der Waals surface area contributed by atoms with E-state index in [1.807, 2.05) is 18.7 Å². The fourth-order valence-corrected chi connectivity index (χ4v) is 2.63. The van der Waals surface area contributed by atoms with Crippen LogP contribution in [0, 0.1) is 11.8 Å². The first-order valence-corrected chi connectivity index (χ1v) is 7.70. The Hall–Kier alpha value is -1.55. The lowest BCUT2D eigenvalue weighted by molar-refractivity contribution is -0.137. The minimum Gasteiger partial charge on any atom is -0.342 e. The molecule has 5 heteroatoms. The maximum atomic E-state index is 12.2. The number of hydrogen-bond acceptors (Lipinski definition) is 2. The molecular weight excluding hydrogens is 288 g/mol. The van der Waals surface area contributed by atoms with Gasteiger partial charge >= 0.3 is 0 Å². The molecule has 1 aliphatic rings. The highest BCUT2D eigenvalue weighted by atomic mass is 35.5. The maximum absolute atomic E-state index is 12.2. The van der Waals surface area contributed by atoms with Gasteiger partial charge in [0.05, 0.1) is 0 Å². The number of rotatable bonds is 3. The normalized spacial score (nSPS) is 16.1. The van der Waals surface area contributed by atoms with Crippen LogP contribution in [-0.2, 0) is 9.59 Å². The SMILES string of the molecule is CC(C)C(=O)N1CCC(C(=O)Nc2ccc(Cl)cc2)CC1. The Labute approximate surface area is 130 Å². The van der Waals surface area contributed by atoms with Gasteiger partial charge in [-0.2, -0.15) is 0 Å². The monoisotopic (exact) mass is 308 g/mol. The van der Waals surface area contributed by atoms with Crippen molar-refractivity contribution in [2.75, 3.05) is 18.4 Å². The van der Waals surface area contributed by atoms with Gasteiger partial charge in [0.25, 0.3) is 0 Å². The van der Waals surface area contributed by atoms with E-state index in [1.165, 1.54) is 0 Å². The molecule has 1 aromatic carbocycles. The van der Waals surface area contributed by atoms with Gasteiger partial charge in [-0.15, -0.1) is 0 Å². The average molecular weight is 309 g/mol. The highest BCUT2D eigenvalue weighted by Gasteiger charge is 2.28. The van der Waals surface area contributed by atoms with E-state index >= 15 is 0 Å². The molecule has 1 N–H and O–H groups in total. The van der Waals surface area contributed by atoms with Crippen LogP contribution in [0.3, 0.4) is 0 Å². The van der Waals surface area contributed by atoms with Crippen molar-refractivity contribution in [2.45, 2.75) is 26.7 Å². The second-order valence-electron chi connectivity index (χ2n) is 5.75. The number of anilines is 1. The molecule has 1 saturated heterocycles. The number of nitrogens with zero attached hydrogens (tertiary/aromatic N) is 1. The van der Waals surface area contributed by atoms with Crippen LogP contribution in [-0.4, -0.2) is 29.8 Å². The van der Waals surface area contributed by atoms with E-state index in [-0.39, 0.29) is 23.7 Å². The predicted molar refractivity (Wildman–Crippen MR) is 84.2 cm³/mol. The van der Waals surface area contributed by atoms with Gasteiger partial charge in [0.15, 0.2) is 0 Å². The Kier molecular flexibility index (Phi) is 5.23. The fourth-order valence-electron chi connectivity index (χ4n) is 2.50. The third-order valence-electron chi connectivity index (χ3n) is 3.78. The molecule has 114 valence electrons. The van der Waals surface area contributed by atoms with Crippen LogP contribution in [0.4, 0.5) is 5.69 Å². The largest absolute Gasteiger partial charge is 0.342 e. The van der Waals surface area contributed by atoms with Crippen molar-refractivity contribution in [3.8, 4) is 0 Å². The van der Waals surface area contributed by atoms with Crippen LogP contribution in [0.2, 0.25) is 5.02 Å². The Morgan fingerprint density at radius 2 is 1.76 bits per heavy atom. The van der Waals surface area contributed by atoms with Crippen LogP contribution in [0.25, 0.3) is 0 Å². The van der Waals surface area contributed by atoms with E-state index in [4.69, 9.17) is 11.6 Å². The van der Waals surface area contributed by atoms with E-state index in [9.17, 15) is 9.59 Å². The minimum atomic E-state index is -0.0307.